The van der Waals surface area contributed by atoms with Crippen molar-refractivity contribution in [3.8, 4) is 22.0 Å². The number of anilines is 1. The van der Waals surface area contributed by atoms with Crippen molar-refractivity contribution < 1.29 is 13.6 Å². The maximum Gasteiger partial charge on any atom is 0.275 e. The zero-order valence-corrected chi connectivity index (χ0v) is 17.7. The molecule has 0 aliphatic heterocycles. The summed E-state index contributed by atoms with van der Waals surface area (Å²) in [5.41, 5.74) is 1.34. The van der Waals surface area contributed by atoms with Crippen molar-refractivity contribution in [1.29, 1.82) is 0 Å². The number of rotatable bonds is 5. The number of aromatic nitrogens is 6. The maximum absolute atomic E-state index is 14.5. The topological polar surface area (TPSA) is 101 Å². The summed E-state index contributed by atoms with van der Waals surface area (Å²) in [4.78, 5) is 21.1. The Labute approximate surface area is 185 Å². The Kier molecular flexibility index (Phi) is 5.48. The molecule has 2 N–H and O–H groups in total. The second-order valence-corrected chi connectivity index (χ2v) is 8.48. The van der Waals surface area contributed by atoms with Gasteiger partial charge in [0.15, 0.2) is 5.82 Å². The van der Waals surface area contributed by atoms with E-state index in [2.05, 4.69) is 30.6 Å². The van der Waals surface area contributed by atoms with Gasteiger partial charge < -0.3 is 5.32 Å². The number of thiazole rings is 1. The minimum absolute atomic E-state index is 0.117. The fourth-order valence-corrected chi connectivity index (χ4v) is 4.63. The first kappa shape index (κ1) is 20.4. The predicted octanol–water partition coefficient (Wildman–Crippen LogP) is 4.83. The second-order valence-electron chi connectivity index (χ2n) is 7.63. The van der Waals surface area contributed by atoms with E-state index in [1.807, 2.05) is 0 Å². The summed E-state index contributed by atoms with van der Waals surface area (Å²) in [7, 11) is 0. The first-order valence-electron chi connectivity index (χ1n) is 10.2. The van der Waals surface area contributed by atoms with E-state index in [4.69, 9.17) is 0 Å². The molecule has 0 saturated heterocycles. The standard InChI is InChI=1S/C21H19F2N7OS/c22-13-6-15(23)18(24-9-13)19-16(10-30(29-19)14-4-2-1-3-5-14)27-20(31)17-11-32-21(28-17)12-7-25-26-8-12/h6-11,14H,1-5H2,(H,25,26)(H,27,31). The highest BCUT2D eigenvalue weighted by molar-refractivity contribution is 7.13. The lowest BCUT2D eigenvalue weighted by molar-refractivity contribution is 0.102. The lowest BCUT2D eigenvalue weighted by Gasteiger charge is -2.21. The molecule has 0 spiro atoms. The number of amides is 1. The van der Waals surface area contributed by atoms with Gasteiger partial charge >= 0.3 is 0 Å². The van der Waals surface area contributed by atoms with Crippen LogP contribution in [-0.4, -0.2) is 35.9 Å². The van der Waals surface area contributed by atoms with Gasteiger partial charge in [-0.3, -0.25) is 14.6 Å². The normalized spacial score (nSPS) is 14.6. The molecule has 5 rings (SSSR count). The van der Waals surface area contributed by atoms with Crippen LogP contribution in [0.15, 0.2) is 36.2 Å². The van der Waals surface area contributed by atoms with E-state index < -0.39 is 17.5 Å². The van der Waals surface area contributed by atoms with Gasteiger partial charge in [-0.05, 0) is 12.8 Å². The Morgan fingerprint density at radius 3 is 2.78 bits per heavy atom. The number of aromatic amines is 1. The summed E-state index contributed by atoms with van der Waals surface area (Å²) in [5.74, 6) is -2.08. The Balaban J connectivity index is 1.47. The van der Waals surface area contributed by atoms with E-state index in [0.29, 0.717) is 10.7 Å². The summed E-state index contributed by atoms with van der Waals surface area (Å²) in [6.07, 6.45) is 11.2. The van der Waals surface area contributed by atoms with Gasteiger partial charge in [0.25, 0.3) is 5.91 Å². The maximum atomic E-state index is 14.5. The van der Waals surface area contributed by atoms with Crippen molar-refractivity contribution in [3.63, 3.8) is 0 Å². The fraction of sp³-hybridized carbons (Fsp3) is 0.286. The van der Waals surface area contributed by atoms with E-state index in [-0.39, 0.29) is 23.1 Å². The molecular weight excluding hydrogens is 436 g/mol. The molecule has 0 radical (unpaired) electrons. The molecule has 4 aromatic heterocycles. The zero-order valence-electron chi connectivity index (χ0n) is 16.9. The first-order chi connectivity index (χ1) is 15.6. The van der Waals surface area contributed by atoms with Crippen LogP contribution in [0.2, 0.25) is 0 Å². The minimum Gasteiger partial charge on any atom is -0.317 e. The number of carbonyl (C=O) groups is 1. The van der Waals surface area contributed by atoms with Crippen LogP contribution in [0.3, 0.4) is 0 Å². The summed E-state index contributed by atoms with van der Waals surface area (Å²) in [5, 5.41) is 16.2. The molecule has 1 fully saturated rings. The van der Waals surface area contributed by atoms with E-state index in [1.165, 1.54) is 17.8 Å². The highest BCUT2D eigenvalue weighted by Crippen LogP contribution is 2.33. The molecule has 164 valence electrons. The molecule has 4 aromatic rings. The Morgan fingerprint density at radius 2 is 2.03 bits per heavy atom. The molecule has 0 aromatic carbocycles. The van der Waals surface area contributed by atoms with Gasteiger partial charge in [0.1, 0.15) is 27.9 Å². The molecule has 1 aliphatic rings. The van der Waals surface area contributed by atoms with Crippen LogP contribution in [0.4, 0.5) is 14.5 Å². The summed E-state index contributed by atoms with van der Waals surface area (Å²) >= 11 is 1.31. The van der Waals surface area contributed by atoms with Crippen LogP contribution in [0.25, 0.3) is 22.0 Å². The van der Waals surface area contributed by atoms with Crippen LogP contribution in [0, 0.1) is 11.6 Å². The fourth-order valence-electron chi connectivity index (χ4n) is 3.84. The minimum atomic E-state index is -0.842. The quantitative estimate of drug-likeness (QED) is 0.449. The van der Waals surface area contributed by atoms with Gasteiger partial charge in [-0.15, -0.1) is 11.3 Å². The largest absolute Gasteiger partial charge is 0.317 e. The third kappa shape index (κ3) is 4.03. The third-order valence-electron chi connectivity index (χ3n) is 5.44. The number of nitrogens with one attached hydrogen (secondary N) is 2. The van der Waals surface area contributed by atoms with Crippen LogP contribution < -0.4 is 5.32 Å². The molecule has 0 unspecified atom stereocenters. The number of carbonyl (C=O) groups excluding carboxylic acids is 1. The molecule has 11 heteroatoms. The van der Waals surface area contributed by atoms with Crippen LogP contribution >= 0.6 is 11.3 Å². The van der Waals surface area contributed by atoms with E-state index >= 15 is 0 Å². The molecule has 8 nitrogen and oxygen atoms in total. The zero-order chi connectivity index (χ0) is 22.1. The van der Waals surface area contributed by atoms with Crippen molar-refractivity contribution in [2.45, 2.75) is 38.1 Å². The van der Waals surface area contributed by atoms with Crippen molar-refractivity contribution in [1.82, 2.24) is 29.9 Å². The smallest absolute Gasteiger partial charge is 0.275 e. The average molecular weight is 455 g/mol. The molecular formula is C21H19F2N7OS. The molecule has 4 heterocycles. The van der Waals surface area contributed by atoms with Crippen molar-refractivity contribution in [2.75, 3.05) is 5.32 Å². The third-order valence-corrected chi connectivity index (χ3v) is 6.33. The van der Waals surface area contributed by atoms with Gasteiger partial charge in [-0.2, -0.15) is 10.2 Å². The van der Waals surface area contributed by atoms with Crippen molar-refractivity contribution in [2.24, 2.45) is 0 Å². The summed E-state index contributed by atoms with van der Waals surface area (Å²) < 4.78 is 29.7. The van der Waals surface area contributed by atoms with Crippen LogP contribution in [0.5, 0.6) is 0 Å². The van der Waals surface area contributed by atoms with E-state index in [1.54, 1.807) is 28.7 Å². The second kappa shape index (κ2) is 8.58. The van der Waals surface area contributed by atoms with Crippen LogP contribution in [-0.2, 0) is 0 Å². The Bertz CT molecular complexity index is 1250. The van der Waals surface area contributed by atoms with Gasteiger partial charge in [0.05, 0.1) is 24.1 Å². The van der Waals surface area contributed by atoms with Gasteiger partial charge in [0.2, 0.25) is 0 Å². The Morgan fingerprint density at radius 1 is 1.19 bits per heavy atom. The summed E-state index contributed by atoms with van der Waals surface area (Å²) in [6, 6.07) is 0.911. The molecule has 0 atom stereocenters. The van der Waals surface area contributed by atoms with E-state index in [0.717, 1.165) is 43.5 Å². The SMILES string of the molecule is O=C(Nc1cn(C2CCCCC2)nc1-c1ncc(F)cc1F)c1csc(-c2cn[nH]c2)n1. The number of hydrogen-bond donors (Lipinski definition) is 2. The van der Waals surface area contributed by atoms with Crippen LogP contribution in [0.1, 0.15) is 48.6 Å². The number of hydrogen-bond acceptors (Lipinski definition) is 6. The highest BCUT2D eigenvalue weighted by Gasteiger charge is 2.24. The molecule has 1 saturated carbocycles. The lowest BCUT2D eigenvalue weighted by Crippen LogP contribution is -2.14. The predicted molar refractivity (Wildman–Crippen MR) is 115 cm³/mol. The monoisotopic (exact) mass is 455 g/mol. The highest BCUT2D eigenvalue weighted by atomic mass is 32.1. The number of halogens is 2. The van der Waals surface area contributed by atoms with Crippen molar-refractivity contribution >= 4 is 22.9 Å². The first-order valence-corrected chi connectivity index (χ1v) is 11.1. The van der Waals surface area contributed by atoms with Gasteiger partial charge in [-0.1, -0.05) is 19.3 Å². The van der Waals surface area contributed by atoms with Gasteiger partial charge in [-0.25, -0.2) is 18.7 Å². The summed E-state index contributed by atoms with van der Waals surface area (Å²) in [6.45, 7) is 0. The number of H-pyrrole nitrogens is 1. The molecule has 0 bridgehead atoms. The lowest BCUT2D eigenvalue weighted by atomic mass is 9.96. The number of nitrogens with zero attached hydrogens (tertiary/aromatic N) is 5. The van der Waals surface area contributed by atoms with E-state index in [9.17, 15) is 13.6 Å². The van der Waals surface area contributed by atoms with Crippen molar-refractivity contribution in [3.05, 3.63) is 53.6 Å². The molecule has 32 heavy (non-hydrogen) atoms. The molecule has 1 aliphatic carbocycles. The number of pyridine rings is 1. The van der Waals surface area contributed by atoms with Gasteiger partial charge in [0, 0.05) is 29.4 Å². The Hall–Kier alpha value is -3.47. The molecule has 1 amide bonds. The average Bonchev–Trinajstić information content (AvgIpc) is 3.55.